The summed E-state index contributed by atoms with van der Waals surface area (Å²) < 4.78 is 55.5. The quantitative estimate of drug-likeness (QED) is 0.392. The Hall–Kier alpha value is -4.02. The lowest BCUT2D eigenvalue weighted by molar-refractivity contribution is -0.136. The molecule has 0 spiro atoms. The van der Waals surface area contributed by atoms with Crippen molar-refractivity contribution in [2.24, 2.45) is 5.92 Å². The molecular formula is C26H24F4N6O. The summed E-state index contributed by atoms with van der Waals surface area (Å²) in [6, 6.07) is 8.85. The van der Waals surface area contributed by atoms with Crippen molar-refractivity contribution in [1.82, 2.24) is 24.5 Å². The molecule has 1 aromatic carbocycles. The first-order valence-corrected chi connectivity index (χ1v) is 11.8. The number of nitrogens with two attached hydrogens (primary N) is 1. The number of pyridine rings is 1. The molecule has 0 bridgehead atoms. The largest absolute Gasteiger partial charge is 0.418 e. The van der Waals surface area contributed by atoms with Gasteiger partial charge in [0.1, 0.15) is 17.7 Å². The molecule has 0 aliphatic carbocycles. The predicted octanol–water partition coefficient (Wildman–Crippen LogP) is 4.93. The lowest BCUT2D eigenvalue weighted by atomic mass is 9.91. The minimum atomic E-state index is -4.67. The van der Waals surface area contributed by atoms with Crippen LogP contribution < -0.4 is 5.73 Å². The van der Waals surface area contributed by atoms with E-state index in [1.54, 1.807) is 30.0 Å². The maximum absolute atomic E-state index is 13.7. The van der Waals surface area contributed by atoms with E-state index in [9.17, 15) is 22.4 Å². The number of halogens is 4. The van der Waals surface area contributed by atoms with E-state index in [4.69, 9.17) is 5.73 Å². The predicted molar refractivity (Wildman–Crippen MR) is 129 cm³/mol. The summed E-state index contributed by atoms with van der Waals surface area (Å²) in [5, 5.41) is 3.97. The average Bonchev–Trinajstić information content (AvgIpc) is 3.27. The van der Waals surface area contributed by atoms with E-state index < -0.39 is 11.7 Å². The highest BCUT2D eigenvalue weighted by atomic mass is 19.4. The number of likely N-dealkylation sites (tertiary alicyclic amines) is 1. The highest BCUT2D eigenvalue weighted by Crippen LogP contribution is 2.38. The molecule has 0 radical (unpaired) electrons. The van der Waals surface area contributed by atoms with Crippen molar-refractivity contribution in [2.75, 3.05) is 18.8 Å². The Morgan fingerprint density at radius 3 is 2.65 bits per heavy atom. The molecule has 37 heavy (non-hydrogen) atoms. The van der Waals surface area contributed by atoms with E-state index in [0.717, 1.165) is 41.7 Å². The Bertz CT molecular complexity index is 1460. The Morgan fingerprint density at radius 1 is 1.16 bits per heavy atom. The third-order valence-corrected chi connectivity index (χ3v) is 6.75. The van der Waals surface area contributed by atoms with Crippen LogP contribution in [0.15, 0.2) is 48.9 Å². The van der Waals surface area contributed by atoms with Gasteiger partial charge in [0.25, 0.3) is 5.91 Å². The molecule has 7 nitrogen and oxygen atoms in total. The fourth-order valence-corrected chi connectivity index (χ4v) is 4.92. The van der Waals surface area contributed by atoms with E-state index in [2.05, 4.69) is 15.1 Å². The van der Waals surface area contributed by atoms with Crippen molar-refractivity contribution >= 4 is 17.2 Å². The molecule has 1 aliphatic heterocycles. The van der Waals surface area contributed by atoms with Gasteiger partial charge in [-0.2, -0.15) is 18.3 Å². The summed E-state index contributed by atoms with van der Waals surface area (Å²) >= 11 is 0. The standard InChI is InChI=1S/C26H24F4N6O/c1-15-20(25(37)35-8-2-3-17(13-35)9-16-4-6-19(27)7-5-16)10-18(12-32-15)22-11-21(26(28,29)30)23-24(31)33-14-34-36(22)23/h4-7,10-12,14,17H,2-3,8-9,13H2,1H3,(H2,31,33,34). The summed E-state index contributed by atoms with van der Waals surface area (Å²) in [6.45, 7) is 2.78. The molecule has 1 saturated heterocycles. The SMILES string of the molecule is Cc1ncc(-c2cc(C(F)(F)F)c3c(N)ncnn23)cc1C(=O)N1CCCC(Cc2ccc(F)cc2)C1. The van der Waals surface area contributed by atoms with Crippen LogP contribution in [0.4, 0.5) is 23.4 Å². The highest BCUT2D eigenvalue weighted by Gasteiger charge is 2.37. The number of fused-ring (bicyclic) bond motifs is 1. The monoisotopic (exact) mass is 512 g/mol. The highest BCUT2D eigenvalue weighted by molar-refractivity contribution is 5.96. The third kappa shape index (κ3) is 4.85. The van der Waals surface area contributed by atoms with Gasteiger partial charge in [-0.05, 0) is 61.9 Å². The first-order chi connectivity index (χ1) is 17.6. The van der Waals surface area contributed by atoms with E-state index in [1.807, 2.05) is 0 Å². The molecule has 5 rings (SSSR count). The summed E-state index contributed by atoms with van der Waals surface area (Å²) in [5.41, 5.74) is 6.63. The van der Waals surface area contributed by atoms with Crippen LogP contribution in [0, 0.1) is 18.7 Å². The van der Waals surface area contributed by atoms with Crippen LogP contribution in [-0.4, -0.2) is 43.5 Å². The van der Waals surface area contributed by atoms with Gasteiger partial charge in [-0.3, -0.25) is 9.78 Å². The molecule has 2 N–H and O–H groups in total. The Balaban J connectivity index is 1.45. The lowest BCUT2D eigenvalue weighted by Crippen LogP contribution is -2.40. The zero-order valence-electron chi connectivity index (χ0n) is 20.0. The molecular weight excluding hydrogens is 488 g/mol. The molecule has 1 amide bonds. The second kappa shape index (κ2) is 9.45. The van der Waals surface area contributed by atoms with Crippen LogP contribution in [0.5, 0.6) is 0 Å². The number of piperidine rings is 1. The van der Waals surface area contributed by atoms with Crippen LogP contribution >= 0.6 is 0 Å². The first kappa shape index (κ1) is 24.7. The van der Waals surface area contributed by atoms with E-state index in [-0.39, 0.29) is 34.7 Å². The minimum Gasteiger partial charge on any atom is -0.382 e. The van der Waals surface area contributed by atoms with E-state index in [1.165, 1.54) is 18.3 Å². The van der Waals surface area contributed by atoms with Crippen LogP contribution in [0.1, 0.15) is 40.0 Å². The zero-order chi connectivity index (χ0) is 26.3. The van der Waals surface area contributed by atoms with Crippen LogP contribution in [-0.2, 0) is 12.6 Å². The van der Waals surface area contributed by atoms with Crippen molar-refractivity contribution in [3.8, 4) is 11.3 Å². The molecule has 4 aromatic rings. The number of rotatable bonds is 4. The summed E-state index contributed by atoms with van der Waals surface area (Å²) in [6.07, 6.45) is 0.300. The number of carbonyl (C=O) groups is 1. The summed E-state index contributed by atoms with van der Waals surface area (Å²) in [7, 11) is 0. The van der Waals surface area contributed by atoms with Gasteiger partial charge in [0.05, 0.1) is 22.5 Å². The van der Waals surface area contributed by atoms with Gasteiger partial charge in [-0.15, -0.1) is 0 Å². The third-order valence-electron chi connectivity index (χ3n) is 6.75. The van der Waals surface area contributed by atoms with Crippen LogP contribution in [0.3, 0.4) is 0 Å². The average molecular weight is 513 g/mol. The van der Waals surface area contributed by atoms with Gasteiger partial charge < -0.3 is 10.6 Å². The summed E-state index contributed by atoms with van der Waals surface area (Å²) in [4.78, 5) is 23.3. The van der Waals surface area contributed by atoms with Gasteiger partial charge in [0.2, 0.25) is 0 Å². The van der Waals surface area contributed by atoms with Gasteiger partial charge >= 0.3 is 6.18 Å². The number of nitrogen functional groups attached to an aromatic ring is 1. The topological polar surface area (TPSA) is 89.4 Å². The molecule has 4 heterocycles. The van der Waals surface area contributed by atoms with Crippen molar-refractivity contribution in [1.29, 1.82) is 0 Å². The molecule has 1 atom stereocenters. The molecule has 3 aromatic heterocycles. The van der Waals surface area contributed by atoms with E-state index >= 15 is 0 Å². The number of benzene rings is 1. The number of hydrogen-bond donors (Lipinski definition) is 1. The lowest BCUT2D eigenvalue weighted by Gasteiger charge is -2.33. The molecule has 1 unspecified atom stereocenters. The van der Waals surface area contributed by atoms with Gasteiger partial charge in [0, 0.05) is 24.8 Å². The first-order valence-electron chi connectivity index (χ1n) is 11.8. The number of hydrogen-bond acceptors (Lipinski definition) is 5. The van der Waals surface area contributed by atoms with Gasteiger partial charge in [-0.1, -0.05) is 12.1 Å². The number of anilines is 1. The maximum Gasteiger partial charge on any atom is 0.418 e. The number of alkyl halides is 3. The smallest absolute Gasteiger partial charge is 0.382 e. The maximum atomic E-state index is 13.7. The fraction of sp³-hybridized carbons (Fsp3) is 0.308. The van der Waals surface area contributed by atoms with Crippen LogP contribution in [0.2, 0.25) is 0 Å². The van der Waals surface area contributed by atoms with Crippen molar-refractivity contribution in [3.63, 3.8) is 0 Å². The Labute approximate surface area is 209 Å². The summed E-state index contributed by atoms with van der Waals surface area (Å²) in [5.74, 6) is -0.616. The van der Waals surface area contributed by atoms with Gasteiger partial charge in [-0.25, -0.2) is 13.9 Å². The number of aryl methyl sites for hydroxylation is 1. The van der Waals surface area contributed by atoms with Crippen LogP contribution in [0.25, 0.3) is 16.8 Å². The molecule has 1 fully saturated rings. The van der Waals surface area contributed by atoms with E-state index in [0.29, 0.717) is 29.9 Å². The number of carbonyl (C=O) groups excluding carboxylic acids is 1. The number of nitrogens with zero attached hydrogens (tertiary/aromatic N) is 5. The molecule has 11 heteroatoms. The fourth-order valence-electron chi connectivity index (χ4n) is 4.92. The Morgan fingerprint density at radius 2 is 1.92 bits per heavy atom. The second-order valence-corrected chi connectivity index (χ2v) is 9.29. The number of amides is 1. The molecule has 1 aliphatic rings. The second-order valence-electron chi connectivity index (χ2n) is 9.29. The van der Waals surface area contributed by atoms with Crippen molar-refractivity contribution in [2.45, 2.75) is 32.4 Å². The van der Waals surface area contributed by atoms with Gasteiger partial charge in [0.15, 0.2) is 5.82 Å². The van der Waals surface area contributed by atoms with Crippen molar-refractivity contribution < 1.29 is 22.4 Å². The minimum absolute atomic E-state index is 0.103. The van der Waals surface area contributed by atoms with Crippen molar-refractivity contribution in [3.05, 3.63) is 77.1 Å². The zero-order valence-corrected chi connectivity index (χ0v) is 20.0. The molecule has 0 saturated carbocycles. The molecule has 192 valence electrons. The Kier molecular flexibility index (Phi) is 6.30. The normalized spacial score (nSPS) is 16.4. The number of aromatic nitrogens is 4.